The van der Waals surface area contributed by atoms with Gasteiger partial charge in [0.15, 0.2) is 17.4 Å². The van der Waals surface area contributed by atoms with E-state index in [-0.39, 0.29) is 5.56 Å². The van der Waals surface area contributed by atoms with Crippen molar-refractivity contribution in [2.75, 3.05) is 13.2 Å². The molecular weight excluding hydrogens is 269 g/mol. The summed E-state index contributed by atoms with van der Waals surface area (Å²) in [5.41, 5.74) is -0.275. The number of hydrogen-bond donors (Lipinski definition) is 0. The molecule has 0 aromatic heterocycles. The molecular formula is C15H17F3O2. The monoisotopic (exact) mass is 286 g/mol. The second-order valence-corrected chi connectivity index (χ2v) is 5.91. The van der Waals surface area contributed by atoms with Gasteiger partial charge in [0, 0.05) is 18.9 Å². The summed E-state index contributed by atoms with van der Waals surface area (Å²) in [6.07, 6.45) is 2.52. The molecule has 0 atom stereocenters. The van der Waals surface area contributed by atoms with Gasteiger partial charge in [0.25, 0.3) is 0 Å². The molecule has 1 aliphatic heterocycles. The molecule has 1 aromatic carbocycles. The maximum Gasteiger partial charge on any atom is 0.168 e. The van der Waals surface area contributed by atoms with E-state index in [2.05, 4.69) is 0 Å². The van der Waals surface area contributed by atoms with Gasteiger partial charge in [-0.2, -0.15) is 0 Å². The van der Waals surface area contributed by atoms with Crippen LogP contribution in [0.25, 0.3) is 0 Å². The van der Waals surface area contributed by atoms with Crippen molar-refractivity contribution in [2.45, 2.75) is 43.8 Å². The van der Waals surface area contributed by atoms with Crippen LogP contribution in [-0.4, -0.2) is 19.0 Å². The van der Waals surface area contributed by atoms with E-state index in [9.17, 15) is 13.2 Å². The van der Waals surface area contributed by atoms with Gasteiger partial charge in [-0.15, -0.1) is 0 Å². The predicted octanol–water partition coefficient (Wildman–Crippen LogP) is 3.68. The average Bonchev–Trinajstić information content (AvgIpc) is 2.87. The Morgan fingerprint density at radius 2 is 1.40 bits per heavy atom. The summed E-state index contributed by atoms with van der Waals surface area (Å²) in [5.74, 6) is -3.38. The SMILES string of the molecule is CC1(c2cc(F)c(F)cc2F)CCC2(CC1)OCCO2. The Labute approximate surface area is 115 Å². The van der Waals surface area contributed by atoms with Gasteiger partial charge in [-0.25, -0.2) is 13.2 Å². The fourth-order valence-corrected chi connectivity index (χ4v) is 3.22. The topological polar surface area (TPSA) is 18.5 Å². The summed E-state index contributed by atoms with van der Waals surface area (Å²) in [6.45, 7) is 3.04. The summed E-state index contributed by atoms with van der Waals surface area (Å²) >= 11 is 0. The number of halogens is 3. The van der Waals surface area contributed by atoms with Gasteiger partial charge < -0.3 is 9.47 Å². The molecule has 1 saturated carbocycles. The number of benzene rings is 1. The van der Waals surface area contributed by atoms with E-state index in [0.29, 0.717) is 45.0 Å². The Balaban J connectivity index is 1.85. The van der Waals surface area contributed by atoms with Crippen LogP contribution < -0.4 is 0 Å². The zero-order chi connectivity index (χ0) is 14.4. The van der Waals surface area contributed by atoms with Crippen LogP contribution in [-0.2, 0) is 14.9 Å². The minimum Gasteiger partial charge on any atom is -0.348 e. The van der Waals surface area contributed by atoms with Crippen LogP contribution in [0.1, 0.15) is 38.2 Å². The van der Waals surface area contributed by atoms with E-state index in [0.717, 1.165) is 6.07 Å². The summed E-state index contributed by atoms with van der Waals surface area (Å²) in [6, 6.07) is 1.61. The van der Waals surface area contributed by atoms with Crippen molar-refractivity contribution in [3.63, 3.8) is 0 Å². The van der Waals surface area contributed by atoms with Crippen molar-refractivity contribution in [3.05, 3.63) is 35.1 Å². The minimum atomic E-state index is -1.15. The number of ether oxygens (including phenoxy) is 2. The normalized spacial score (nSPS) is 24.2. The van der Waals surface area contributed by atoms with Crippen LogP contribution >= 0.6 is 0 Å². The van der Waals surface area contributed by atoms with E-state index >= 15 is 0 Å². The van der Waals surface area contributed by atoms with Gasteiger partial charge in [-0.05, 0) is 29.9 Å². The fourth-order valence-electron chi connectivity index (χ4n) is 3.22. The Morgan fingerprint density at radius 3 is 2.00 bits per heavy atom. The van der Waals surface area contributed by atoms with Crippen molar-refractivity contribution in [1.29, 1.82) is 0 Å². The van der Waals surface area contributed by atoms with Crippen molar-refractivity contribution >= 4 is 0 Å². The highest BCUT2D eigenvalue weighted by molar-refractivity contribution is 5.29. The highest BCUT2D eigenvalue weighted by Crippen LogP contribution is 2.46. The Kier molecular flexibility index (Phi) is 3.29. The maximum atomic E-state index is 14.0. The van der Waals surface area contributed by atoms with Gasteiger partial charge >= 0.3 is 0 Å². The van der Waals surface area contributed by atoms with Crippen LogP contribution in [0.5, 0.6) is 0 Å². The summed E-state index contributed by atoms with van der Waals surface area (Å²) < 4.78 is 51.7. The molecule has 0 radical (unpaired) electrons. The molecule has 3 rings (SSSR count). The molecule has 2 aliphatic rings. The van der Waals surface area contributed by atoms with Crippen LogP contribution in [0, 0.1) is 17.5 Å². The largest absolute Gasteiger partial charge is 0.348 e. The van der Waals surface area contributed by atoms with Crippen LogP contribution in [0.3, 0.4) is 0 Å². The molecule has 1 aliphatic carbocycles. The number of hydrogen-bond acceptors (Lipinski definition) is 2. The Hall–Kier alpha value is -1.07. The zero-order valence-corrected chi connectivity index (χ0v) is 11.3. The molecule has 1 aromatic rings. The minimum absolute atomic E-state index is 0.240. The maximum absolute atomic E-state index is 14.0. The smallest absolute Gasteiger partial charge is 0.168 e. The average molecular weight is 286 g/mol. The quantitative estimate of drug-likeness (QED) is 0.733. The highest BCUT2D eigenvalue weighted by Gasteiger charge is 2.45. The molecule has 1 saturated heterocycles. The van der Waals surface area contributed by atoms with Gasteiger partial charge in [0.1, 0.15) is 5.82 Å². The Morgan fingerprint density at radius 1 is 0.850 bits per heavy atom. The predicted molar refractivity (Wildman–Crippen MR) is 66.8 cm³/mol. The van der Waals surface area contributed by atoms with E-state index in [1.165, 1.54) is 0 Å². The van der Waals surface area contributed by atoms with Crippen molar-refractivity contribution < 1.29 is 22.6 Å². The van der Waals surface area contributed by atoms with Crippen molar-refractivity contribution in [3.8, 4) is 0 Å². The van der Waals surface area contributed by atoms with Gasteiger partial charge in [0.05, 0.1) is 13.2 Å². The molecule has 0 amide bonds. The van der Waals surface area contributed by atoms with E-state index in [1.807, 2.05) is 6.92 Å². The first-order valence-electron chi connectivity index (χ1n) is 6.87. The molecule has 5 heteroatoms. The van der Waals surface area contributed by atoms with Crippen molar-refractivity contribution in [1.82, 2.24) is 0 Å². The lowest BCUT2D eigenvalue weighted by Crippen LogP contribution is -2.41. The third-order valence-corrected chi connectivity index (χ3v) is 4.59. The first kappa shape index (κ1) is 13.9. The summed E-state index contributed by atoms with van der Waals surface area (Å²) in [4.78, 5) is 0. The van der Waals surface area contributed by atoms with Crippen LogP contribution in [0.4, 0.5) is 13.2 Å². The zero-order valence-electron chi connectivity index (χ0n) is 11.3. The van der Waals surface area contributed by atoms with E-state index < -0.39 is 28.7 Å². The molecule has 0 bridgehead atoms. The molecule has 0 N–H and O–H groups in total. The molecule has 2 nitrogen and oxygen atoms in total. The fraction of sp³-hybridized carbons (Fsp3) is 0.600. The van der Waals surface area contributed by atoms with Crippen LogP contribution in [0.2, 0.25) is 0 Å². The van der Waals surface area contributed by atoms with E-state index in [4.69, 9.17) is 9.47 Å². The second kappa shape index (κ2) is 4.74. The standard InChI is InChI=1S/C15H17F3O2/c1-14(10-8-12(17)13(18)9-11(10)16)2-4-15(5-3-14)19-6-7-20-15/h8-9H,2-7H2,1H3. The summed E-state index contributed by atoms with van der Waals surface area (Å²) in [7, 11) is 0. The third-order valence-electron chi connectivity index (χ3n) is 4.59. The molecule has 110 valence electrons. The lowest BCUT2D eigenvalue weighted by atomic mass is 9.69. The number of rotatable bonds is 1. The van der Waals surface area contributed by atoms with Gasteiger partial charge in [0.2, 0.25) is 0 Å². The molecule has 20 heavy (non-hydrogen) atoms. The van der Waals surface area contributed by atoms with Gasteiger partial charge in [-0.1, -0.05) is 6.92 Å². The van der Waals surface area contributed by atoms with Gasteiger partial charge in [-0.3, -0.25) is 0 Å². The lowest BCUT2D eigenvalue weighted by molar-refractivity contribution is -0.184. The molecule has 1 spiro atoms. The molecule has 0 unspecified atom stereocenters. The molecule has 2 fully saturated rings. The highest BCUT2D eigenvalue weighted by atomic mass is 19.2. The summed E-state index contributed by atoms with van der Waals surface area (Å²) in [5, 5.41) is 0. The second-order valence-electron chi connectivity index (χ2n) is 5.91. The van der Waals surface area contributed by atoms with Crippen molar-refractivity contribution in [2.24, 2.45) is 0 Å². The first-order valence-corrected chi connectivity index (χ1v) is 6.87. The lowest BCUT2D eigenvalue weighted by Gasteiger charge is -2.42. The molecule has 1 heterocycles. The third kappa shape index (κ3) is 2.23. The Bertz CT molecular complexity index is 514. The van der Waals surface area contributed by atoms with Crippen LogP contribution in [0.15, 0.2) is 12.1 Å². The first-order chi connectivity index (χ1) is 9.44. The van der Waals surface area contributed by atoms with E-state index in [1.54, 1.807) is 0 Å².